The quantitative estimate of drug-likeness (QED) is 0.432. The predicted octanol–water partition coefficient (Wildman–Crippen LogP) is 4.19. The lowest BCUT2D eigenvalue weighted by molar-refractivity contribution is 0.0526. The smallest absolute Gasteiger partial charge is 0.338 e. The van der Waals surface area contributed by atoms with Crippen LogP contribution in [0.5, 0.6) is 0 Å². The summed E-state index contributed by atoms with van der Waals surface area (Å²) in [5.41, 5.74) is 9.87. The average molecular weight is 437 g/mol. The van der Waals surface area contributed by atoms with Gasteiger partial charge in [0.05, 0.1) is 28.9 Å². The van der Waals surface area contributed by atoms with Gasteiger partial charge in [0.15, 0.2) is 0 Å². The monoisotopic (exact) mass is 437 g/mol. The van der Waals surface area contributed by atoms with Crippen molar-refractivity contribution in [2.24, 2.45) is 5.73 Å². The van der Waals surface area contributed by atoms with E-state index in [0.717, 1.165) is 11.1 Å². The van der Waals surface area contributed by atoms with E-state index in [1.165, 1.54) is 6.20 Å². The highest BCUT2D eigenvalue weighted by Crippen LogP contribution is 2.32. The molecule has 0 radical (unpaired) electrons. The number of carbonyl (C=O) groups excluding carboxylic acids is 2. The molecule has 0 unspecified atom stereocenters. The van der Waals surface area contributed by atoms with Gasteiger partial charge in [-0.2, -0.15) is 5.26 Å². The summed E-state index contributed by atoms with van der Waals surface area (Å²) in [5.74, 6) is -1.07. The Morgan fingerprint density at radius 1 is 1.09 bits per heavy atom. The van der Waals surface area contributed by atoms with Gasteiger partial charge >= 0.3 is 5.97 Å². The molecule has 2 aromatic carbocycles. The number of amides is 1. The summed E-state index contributed by atoms with van der Waals surface area (Å²) in [6.07, 6.45) is 2.99. The molecule has 162 valence electrons. The van der Waals surface area contributed by atoms with Gasteiger partial charge in [-0.1, -0.05) is 18.2 Å². The molecule has 3 N–H and O–H groups in total. The second-order valence-electron chi connectivity index (χ2n) is 7.11. The first-order chi connectivity index (χ1) is 16.0. The van der Waals surface area contributed by atoms with Crippen LogP contribution in [0.25, 0.3) is 22.0 Å². The van der Waals surface area contributed by atoms with Crippen molar-refractivity contribution in [2.75, 3.05) is 11.9 Å². The molecule has 0 bridgehead atoms. The Morgan fingerprint density at radius 2 is 1.91 bits per heavy atom. The number of esters is 1. The Hall–Kier alpha value is -4.77. The highest BCUT2D eigenvalue weighted by molar-refractivity contribution is 6.08. The summed E-state index contributed by atoms with van der Waals surface area (Å²) in [5, 5.41) is 13.0. The van der Waals surface area contributed by atoms with E-state index in [9.17, 15) is 9.59 Å². The lowest BCUT2D eigenvalue weighted by Crippen LogP contribution is -2.14. The van der Waals surface area contributed by atoms with Gasteiger partial charge in [0.25, 0.3) is 5.91 Å². The van der Waals surface area contributed by atoms with Crippen LogP contribution in [0, 0.1) is 11.3 Å². The summed E-state index contributed by atoms with van der Waals surface area (Å²) in [7, 11) is 0. The van der Waals surface area contributed by atoms with E-state index < -0.39 is 11.9 Å². The van der Waals surface area contributed by atoms with Crippen LogP contribution in [0.2, 0.25) is 0 Å². The van der Waals surface area contributed by atoms with Crippen molar-refractivity contribution in [2.45, 2.75) is 6.92 Å². The van der Waals surface area contributed by atoms with E-state index in [1.54, 1.807) is 49.5 Å². The maximum atomic E-state index is 12.1. The molecule has 0 spiro atoms. The molecule has 4 aromatic rings. The summed E-state index contributed by atoms with van der Waals surface area (Å²) < 4.78 is 5.06. The number of anilines is 2. The molecule has 0 atom stereocenters. The normalized spacial score (nSPS) is 10.4. The van der Waals surface area contributed by atoms with Crippen LogP contribution < -0.4 is 11.1 Å². The minimum absolute atomic E-state index is 0.215. The maximum absolute atomic E-state index is 12.1. The van der Waals surface area contributed by atoms with Crippen molar-refractivity contribution in [3.05, 3.63) is 83.8 Å². The lowest BCUT2D eigenvalue weighted by atomic mass is 10.0. The van der Waals surface area contributed by atoms with E-state index >= 15 is 0 Å². The molecule has 2 heterocycles. The van der Waals surface area contributed by atoms with Gasteiger partial charge in [0, 0.05) is 23.5 Å². The topological polar surface area (TPSA) is 131 Å². The number of rotatable bonds is 6. The summed E-state index contributed by atoms with van der Waals surface area (Å²) in [4.78, 5) is 32.6. The van der Waals surface area contributed by atoms with E-state index in [0.29, 0.717) is 33.5 Å². The number of benzene rings is 2. The van der Waals surface area contributed by atoms with Gasteiger partial charge in [-0.25, -0.2) is 9.78 Å². The Kier molecular flexibility index (Phi) is 5.96. The number of nitrogens with one attached hydrogen (secondary N) is 1. The fraction of sp³-hybridized carbons (Fsp3) is 0.0800. The number of pyridine rings is 2. The highest BCUT2D eigenvalue weighted by atomic mass is 16.5. The lowest BCUT2D eigenvalue weighted by Gasteiger charge is -2.14. The zero-order chi connectivity index (χ0) is 23.4. The minimum atomic E-state index is -0.634. The molecule has 33 heavy (non-hydrogen) atoms. The Labute approximate surface area is 189 Å². The first-order valence-electron chi connectivity index (χ1n) is 10.1. The Bertz CT molecular complexity index is 1430. The van der Waals surface area contributed by atoms with Gasteiger partial charge in [-0.3, -0.25) is 9.78 Å². The van der Waals surface area contributed by atoms with E-state index in [4.69, 9.17) is 15.7 Å². The van der Waals surface area contributed by atoms with Crippen LogP contribution in [0.15, 0.2) is 67.0 Å². The summed E-state index contributed by atoms with van der Waals surface area (Å²) >= 11 is 0. The molecule has 0 aliphatic rings. The van der Waals surface area contributed by atoms with Crippen molar-refractivity contribution >= 4 is 34.2 Å². The third-order valence-corrected chi connectivity index (χ3v) is 4.99. The van der Waals surface area contributed by atoms with Crippen LogP contribution in [-0.2, 0) is 4.74 Å². The number of nitrogens with two attached hydrogens (primary N) is 1. The van der Waals surface area contributed by atoms with Gasteiger partial charge in [0.1, 0.15) is 11.8 Å². The highest BCUT2D eigenvalue weighted by Gasteiger charge is 2.15. The van der Waals surface area contributed by atoms with Gasteiger partial charge in [0.2, 0.25) is 0 Å². The van der Waals surface area contributed by atoms with Gasteiger partial charge in [-0.05, 0) is 54.4 Å². The molecule has 4 rings (SSSR count). The van der Waals surface area contributed by atoms with E-state index in [1.807, 2.05) is 24.3 Å². The fourth-order valence-corrected chi connectivity index (χ4v) is 3.45. The van der Waals surface area contributed by atoms with Crippen LogP contribution >= 0.6 is 0 Å². The number of primary amides is 1. The molecule has 1 amide bonds. The second kappa shape index (κ2) is 9.16. The van der Waals surface area contributed by atoms with Crippen LogP contribution in [0.3, 0.4) is 0 Å². The fourth-order valence-electron chi connectivity index (χ4n) is 3.45. The number of ether oxygens (including phenoxy) is 1. The number of fused-ring (bicyclic) bond motifs is 1. The first kappa shape index (κ1) is 21.5. The third kappa shape index (κ3) is 4.48. The maximum Gasteiger partial charge on any atom is 0.338 e. The Morgan fingerprint density at radius 3 is 2.67 bits per heavy atom. The van der Waals surface area contributed by atoms with Crippen molar-refractivity contribution in [1.29, 1.82) is 5.26 Å². The molecule has 0 fully saturated rings. The summed E-state index contributed by atoms with van der Waals surface area (Å²) in [6.45, 7) is 2.01. The molecule has 8 nitrogen and oxygen atoms in total. The van der Waals surface area contributed by atoms with Crippen molar-refractivity contribution in [3.8, 4) is 17.2 Å². The van der Waals surface area contributed by atoms with Crippen molar-refractivity contribution in [3.63, 3.8) is 0 Å². The van der Waals surface area contributed by atoms with E-state index in [2.05, 4.69) is 15.3 Å². The molecular formula is C25H19N5O3. The molecule has 2 aromatic heterocycles. The second-order valence-corrected chi connectivity index (χ2v) is 7.11. The van der Waals surface area contributed by atoms with Gasteiger partial charge < -0.3 is 15.8 Å². The molecule has 0 saturated heterocycles. The van der Waals surface area contributed by atoms with Crippen LogP contribution in [0.1, 0.15) is 33.3 Å². The number of nitriles is 1. The number of aromatic nitrogens is 2. The molecule has 0 aliphatic heterocycles. The zero-order valence-electron chi connectivity index (χ0n) is 17.7. The third-order valence-electron chi connectivity index (χ3n) is 4.99. The molecular weight excluding hydrogens is 418 g/mol. The molecule has 0 aliphatic carbocycles. The minimum Gasteiger partial charge on any atom is -0.462 e. The SMILES string of the molecule is CCOC(=O)c1cccc(Nc2c(C(N)=O)cnc3cc(-c4ccnc(C#N)c4)ccc23)c1. The van der Waals surface area contributed by atoms with Gasteiger partial charge in [-0.15, -0.1) is 0 Å². The predicted molar refractivity (Wildman–Crippen MR) is 124 cm³/mol. The number of carbonyl (C=O) groups is 2. The molecule has 8 heteroatoms. The number of hydrogen-bond donors (Lipinski definition) is 2. The van der Waals surface area contributed by atoms with Crippen molar-refractivity contribution < 1.29 is 14.3 Å². The number of hydrogen-bond acceptors (Lipinski definition) is 7. The Balaban J connectivity index is 1.79. The summed E-state index contributed by atoms with van der Waals surface area (Å²) in [6, 6.07) is 17.9. The van der Waals surface area contributed by atoms with Crippen LogP contribution in [0.4, 0.5) is 11.4 Å². The number of nitrogens with zero attached hydrogens (tertiary/aromatic N) is 3. The van der Waals surface area contributed by atoms with Crippen LogP contribution in [-0.4, -0.2) is 28.5 Å². The zero-order valence-corrected chi connectivity index (χ0v) is 17.7. The largest absolute Gasteiger partial charge is 0.462 e. The van der Waals surface area contributed by atoms with E-state index in [-0.39, 0.29) is 12.2 Å². The van der Waals surface area contributed by atoms with Crippen molar-refractivity contribution in [1.82, 2.24) is 9.97 Å². The molecule has 0 saturated carbocycles. The standard InChI is InChI=1S/C25H19N5O3/c1-2-33-25(32)17-4-3-5-18(11-17)30-23-20-7-6-15(16-8-9-28-19(10-16)13-26)12-22(20)29-14-21(23)24(27)31/h3-12,14H,2H2,1H3,(H2,27,31)(H,29,30). The first-order valence-corrected chi connectivity index (χ1v) is 10.1. The average Bonchev–Trinajstić information content (AvgIpc) is 2.84.